The highest BCUT2D eigenvalue weighted by Crippen LogP contribution is 2.23. The van der Waals surface area contributed by atoms with Crippen molar-refractivity contribution in [2.75, 3.05) is 5.32 Å². The predicted octanol–water partition coefficient (Wildman–Crippen LogP) is 4.12. The van der Waals surface area contributed by atoms with E-state index in [0.29, 0.717) is 11.2 Å². The molecule has 26 heavy (non-hydrogen) atoms. The van der Waals surface area contributed by atoms with E-state index in [1.807, 2.05) is 43.3 Å². The fraction of sp³-hybridized carbons (Fsp3) is 0.0500. The average molecular weight is 346 g/mol. The number of aryl methyl sites for hydroxylation is 1. The van der Waals surface area contributed by atoms with Gasteiger partial charge in [-0.05, 0) is 55.0 Å². The number of nitrogens with zero attached hydrogens (tertiary/aromatic N) is 3. The molecule has 0 unspecified atom stereocenters. The Labute approximate surface area is 149 Å². The van der Waals surface area contributed by atoms with Crippen molar-refractivity contribution in [2.45, 2.75) is 6.92 Å². The van der Waals surface area contributed by atoms with Crippen molar-refractivity contribution in [3.05, 3.63) is 83.7 Å². The number of benzene rings is 3. The first-order valence-electron chi connectivity index (χ1n) is 8.10. The van der Waals surface area contributed by atoms with Crippen LogP contribution in [0.1, 0.15) is 15.9 Å². The Morgan fingerprint density at radius 2 is 1.69 bits per heavy atom. The topological polar surface area (TPSA) is 59.8 Å². The molecule has 0 saturated carbocycles. The normalized spacial score (nSPS) is 10.8. The van der Waals surface area contributed by atoms with Gasteiger partial charge in [0.1, 0.15) is 16.9 Å². The third kappa shape index (κ3) is 3.04. The molecule has 1 N–H and O–H groups in total. The van der Waals surface area contributed by atoms with E-state index in [4.69, 9.17) is 0 Å². The van der Waals surface area contributed by atoms with Crippen molar-refractivity contribution in [1.29, 1.82) is 0 Å². The van der Waals surface area contributed by atoms with Crippen LogP contribution in [0, 0.1) is 12.7 Å². The number of hydrogen-bond acceptors (Lipinski definition) is 3. The molecule has 1 amide bonds. The molecule has 0 atom stereocenters. The van der Waals surface area contributed by atoms with Crippen LogP contribution in [0.4, 0.5) is 10.1 Å². The molecule has 4 rings (SSSR count). The lowest BCUT2D eigenvalue weighted by Gasteiger charge is -2.08. The summed E-state index contributed by atoms with van der Waals surface area (Å²) in [5, 5.41) is 11.8. The third-order valence-corrected chi connectivity index (χ3v) is 4.05. The number of nitrogens with one attached hydrogen (secondary N) is 1. The fourth-order valence-electron chi connectivity index (χ4n) is 2.70. The Balaban J connectivity index is 1.67. The lowest BCUT2D eigenvalue weighted by atomic mass is 10.1. The monoisotopic (exact) mass is 346 g/mol. The Bertz CT molecular complexity index is 1110. The second-order valence-corrected chi connectivity index (χ2v) is 5.95. The van der Waals surface area contributed by atoms with E-state index >= 15 is 0 Å². The first-order chi connectivity index (χ1) is 12.6. The summed E-state index contributed by atoms with van der Waals surface area (Å²) in [5.74, 6) is -0.821. The summed E-state index contributed by atoms with van der Waals surface area (Å²) in [6, 6.07) is 18.8. The maximum atomic E-state index is 13.3. The number of halogens is 1. The molecule has 0 aliphatic carbocycles. The number of carbonyl (C=O) groups is 1. The van der Waals surface area contributed by atoms with Crippen LogP contribution in [-0.4, -0.2) is 20.9 Å². The molecule has 0 spiro atoms. The number of aromatic nitrogens is 3. The van der Waals surface area contributed by atoms with Gasteiger partial charge in [0.25, 0.3) is 5.91 Å². The zero-order valence-electron chi connectivity index (χ0n) is 14.0. The van der Waals surface area contributed by atoms with Crippen molar-refractivity contribution < 1.29 is 9.18 Å². The molecule has 128 valence electrons. The zero-order valence-corrected chi connectivity index (χ0v) is 14.0. The van der Waals surface area contributed by atoms with Gasteiger partial charge in [-0.2, -0.15) is 4.80 Å². The molecule has 1 heterocycles. The summed E-state index contributed by atoms with van der Waals surface area (Å²) in [6.07, 6.45) is 0. The molecule has 0 bridgehead atoms. The number of para-hydroxylation sites is 1. The molecule has 5 nitrogen and oxygen atoms in total. The maximum Gasteiger partial charge on any atom is 0.255 e. The summed E-state index contributed by atoms with van der Waals surface area (Å²) >= 11 is 0. The maximum absolute atomic E-state index is 13.3. The van der Waals surface area contributed by atoms with Crippen LogP contribution in [0.2, 0.25) is 0 Å². The first kappa shape index (κ1) is 16.0. The minimum absolute atomic E-state index is 0.262. The van der Waals surface area contributed by atoms with Crippen molar-refractivity contribution in [2.24, 2.45) is 0 Å². The van der Waals surface area contributed by atoms with E-state index in [1.165, 1.54) is 18.2 Å². The summed E-state index contributed by atoms with van der Waals surface area (Å²) in [7, 11) is 0. The SMILES string of the molecule is Cc1cc2nn(-c3ccccc3)nc2cc1NC(=O)c1cccc(F)c1. The average Bonchev–Trinajstić information content (AvgIpc) is 3.05. The molecule has 1 aromatic heterocycles. The van der Waals surface area contributed by atoms with Crippen molar-refractivity contribution >= 4 is 22.6 Å². The molecular formula is C20H15FN4O. The molecule has 0 saturated heterocycles. The second kappa shape index (κ2) is 6.40. The molecule has 3 aromatic carbocycles. The van der Waals surface area contributed by atoms with E-state index in [2.05, 4.69) is 15.5 Å². The van der Waals surface area contributed by atoms with Gasteiger partial charge in [-0.1, -0.05) is 24.3 Å². The lowest BCUT2D eigenvalue weighted by molar-refractivity contribution is 0.102. The standard InChI is InChI=1S/C20H15FN4O/c1-13-10-18-19(24-25(23-18)16-8-3-2-4-9-16)12-17(13)22-20(26)14-6-5-7-15(21)11-14/h2-12H,1H3,(H,22,26). The Hall–Kier alpha value is -3.54. The highest BCUT2D eigenvalue weighted by molar-refractivity contribution is 6.05. The van der Waals surface area contributed by atoms with Gasteiger partial charge >= 0.3 is 0 Å². The smallest absolute Gasteiger partial charge is 0.255 e. The summed E-state index contributed by atoms with van der Waals surface area (Å²) in [6.45, 7) is 1.88. The van der Waals surface area contributed by atoms with Gasteiger partial charge in [0, 0.05) is 11.3 Å². The van der Waals surface area contributed by atoms with E-state index in [9.17, 15) is 9.18 Å². The third-order valence-electron chi connectivity index (χ3n) is 4.05. The molecule has 0 aliphatic heterocycles. The van der Waals surface area contributed by atoms with Gasteiger partial charge in [0.2, 0.25) is 0 Å². The van der Waals surface area contributed by atoms with Crippen LogP contribution >= 0.6 is 0 Å². The van der Waals surface area contributed by atoms with Crippen LogP contribution in [-0.2, 0) is 0 Å². The van der Waals surface area contributed by atoms with E-state index in [-0.39, 0.29) is 11.5 Å². The quantitative estimate of drug-likeness (QED) is 0.607. The summed E-state index contributed by atoms with van der Waals surface area (Å²) < 4.78 is 13.3. The van der Waals surface area contributed by atoms with Crippen molar-refractivity contribution in [1.82, 2.24) is 15.0 Å². The first-order valence-corrected chi connectivity index (χ1v) is 8.10. The predicted molar refractivity (Wildman–Crippen MR) is 98.0 cm³/mol. The van der Waals surface area contributed by atoms with E-state index in [1.54, 1.807) is 16.9 Å². The second-order valence-electron chi connectivity index (χ2n) is 5.95. The number of carbonyl (C=O) groups excluding carboxylic acids is 1. The van der Waals surface area contributed by atoms with Gasteiger partial charge in [-0.25, -0.2) is 4.39 Å². The minimum atomic E-state index is -0.448. The number of amides is 1. The molecular weight excluding hydrogens is 331 g/mol. The van der Waals surface area contributed by atoms with Crippen molar-refractivity contribution in [3.63, 3.8) is 0 Å². The summed E-state index contributed by atoms with van der Waals surface area (Å²) in [5.41, 5.74) is 3.97. The number of hydrogen-bond donors (Lipinski definition) is 1. The Morgan fingerprint density at radius 3 is 2.42 bits per heavy atom. The molecule has 4 aromatic rings. The number of anilines is 1. The minimum Gasteiger partial charge on any atom is -0.322 e. The number of rotatable bonds is 3. The van der Waals surface area contributed by atoms with Crippen molar-refractivity contribution in [3.8, 4) is 5.69 Å². The van der Waals surface area contributed by atoms with Crippen LogP contribution in [0.25, 0.3) is 16.7 Å². The van der Waals surface area contributed by atoms with Crippen LogP contribution < -0.4 is 5.32 Å². The van der Waals surface area contributed by atoms with Gasteiger partial charge < -0.3 is 5.32 Å². The van der Waals surface area contributed by atoms with Gasteiger partial charge in [0.05, 0.1) is 5.69 Å². The molecule has 6 heteroatoms. The summed E-state index contributed by atoms with van der Waals surface area (Å²) in [4.78, 5) is 13.9. The van der Waals surface area contributed by atoms with Gasteiger partial charge in [-0.15, -0.1) is 10.2 Å². The highest BCUT2D eigenvalue weighted by atomic mass is 19.1. The Morgan fingerprint density at radius 1 is 0.962 bits per heavy atom. The largest absolute Gasteiger partial charge is 0.322 e. The lowest BCUT2D eigenvalue weighted by Crippen LogP contribution is -2.12. The van der Waals surface area contributed by atoms with Crippen LogP contribution in [0.5, 0.6) is 0 Å². The molecule has 0 aliphatic rings. The van der Waals surface area contributed by atoms with Gasteiger partial charge in [0.15, 0.2) is 0 Å². The van der Waals surface area contributed by atoms with Crippen LogP contribution in [0.3, 0.4) is 0 Å². The van der Waals surface area contributed by atoms with Gasteiger partial charge in [-0.3, -0.25) is 4.79 Å². The highest BCUT2D eigenvalue weighted by Gasteiger charge is 2.12. The fourth-order valence-corrected chi connectivity index (χ4v) is 2.70. The molecule has 0 radical (unpaired) electrons. The zero-order chi connectivity index (χ0) is 18.1. The van der Waals surface area contributed by atoms with Crippen LogP contribution in [0.15, 0.2) is 66.7 Å². The van der Waals surface area contributed by atoms with E-state index in [0.717, 1.165) is 16.8 Å². The van der Waals surface area contributed by atoms with E-state index < -0.39 is 5.82 Å². The Kier molecular flexibility index (Phi) is 3.93. The number of fused-ring (bicyclic) bond motifs is 1. The molecule has 0 fully saturated rings.